The highest BCUT2D eigenvalue weighted by Gasteiger charge is 2.23. The fraction of sp³-hybridized carbons (Fsp3) is 0.182. The number of nitrogens with zero attached hydrogens (tertiary/aromatic N) is 4. The lowest BCUT2D eigenvalue weighted by Crippen LogP contribution is -2.20. The van der Waals surface area contributed by atoms with Crippen molar-refractivity contribution in [3.63, 3.8) is 0 Å². The third-order valence-corrected chi connectivity index (χ3v) is 4.38. The number of aromatic nitrogens is 2. The number of aliphatic carboxylic acids is 1. The quantitative estimate of drug-likeness (QED) is 0.467. The Labute approximate surface area is 174 Å². The van der Waals surface area contributed by atoms with Gasteiger partial charge in [-0.15, -0.1) is 0 Å². The molecule has 0 bridgehead atoms. The van der Waals surface area contributed by atoms with E-state index in [9.17, 15) is 4.79 Å². The number of pyridine rings is 1. The molecule has 0 spiro atoms. The van der Waals surface area contributed by atoms with Gasteiger partial charge in [0.05, 0.1) is 6.20 Å². The molecule has 0 amide bonds. The number of carboxylic acids is 1. The molecule has 0 fully saturated rings. The topological polar surface area (TPSA) is 93.1 Å². The Balaban J connectivity index is 1.84. The molecule has 2 N–H and O–H groups in total. The molecule has 8 nitrogen and oxygen atoms in total. The fourth-order valence-corrected chi connectivity index (χ4v) is 2.94. The number of aliphatic imine (C=N–C) groups is 1. The lowest BCUT2D eigenvalue weighted by atomic mass is 10.2. The summed E-state index contributed by atoms with van der Waals surface area (Å²) in [7, 11) is 1.61. The maximum atomic E-state index is 11.2. The minimum absolute atomic E-state index is 0.234. The number of aryl methyl sites for hydroxylation is 2. The van der Waals surface area contributed by atoms with Crippen molar-refractivity contribution in [1.82, 2.24) is 9.55 Å². The summed E-state index contributed by atoms with van der Waals surface area (Å²) < 4.78 is 7.43. The molecule has 0 aliphatic rings. The Morgan fingerprint density at radius 2 is 2.10 bits per heavy atom. The van der Waals surface area contributed by atoms with E-state index in [4.69, 9.17) is 16.4 Å². The van der Waals surface area contributed by atoms with Gasteiger partial charge < -0.3 is 19.7 Å². The highest BCUT2D eigenvalue weighted by Crippen LogP contribution is 2.28. The molecule has 0 atom stereocenters. The van der Waals surface area contributed by atoms with E-state index < -0.39 is 5.97 Å². The summed E-state index contributed by atoms with van der Waals surface area (Å²) >= 11 is 0. The summed E-state index contributed by atoms with van der Waals surface area (Å²) in [6.45, 7) is 9.08. The molecule has 0 unspecified atom stereocenters. The second-order valence-electron chi connectivity index (χ2n) is 6.62. The van der Waals surface area contributed by atoms with Crippen LogP contribution in [0, 0.1) is 20.4 Å². The van der Waals surface area contributed by atoms with Gasteiger partial charge in [-0.25, -0.2) is 0 Å². The standard InChI is InChI=1S/C22H21N5O3/c1-14-11-16(6-8-19(14)30-17-7-5-15(2)25-12-17)26-22(24-4)21-18(23-3)9-10-27(21)13-20(28)29/h3,5-12H,13H2,1-2,4H3,(H-,24,26,28,29)/p+1. The molecule has 0 aliphatic carbocycles. The Bertz CT molecular complexity index is 1140. The van der Waals surface area contributed by atoms with Crippen molar-refractivity contribution in [2.45, 2.75) is 20.4 Å². The minimum atomic E-state index is -0.978. The average Bonchev–Trinajstić information content (AvgIpc) is 3.11. The molecule has 8 heteroatoms. The number of anilines is 1. The second-order valence-corrected chi connectivity index (χ2v) is 6.62. The Morgan fingerprint density at radius 1 is 1.30 bits per heavy atom. The Kier molecular flexibility index (Phi) is 6.13. The van der Waals surface area contributed by atoms with Gasteiger partial charge in [0.1, 0.15) is 18.0 Å². The van der Waals surface area contributed by atoms with E-state index in [-0.39, 0.29) is 6.54 Å². The number of rotatable bonds is 6. The van der Waals surface area contributed by atoms with Crippen molar-refractivity contribution in [2.75, 3.05) is 12.4 Å². The lowest BCUT2D eigenvalue weighted by Gasteiger charge is -2.13. The zero-order valence-corrected chi connectivity index (χ0v) is 17.0. The normalized spacial score (nSPS) is 11.1. The monoisotopic (exact) mass is 404 g/mol. The number of hydrogen-bond acceptors (Lipinski definition) is 4. The van der Waals surface area contributed by atoms with Crippen LogP contribution in [0.2, 0.25) is 0 Å². The van der Waals surface area contributed by atoms with Crippen LogP contribution < -0.4 is 10.1 Å². The summed E-state index contributed by atoms with van der Waals surface area (Å²) in [6.07, 6.45) is 3.29. The van der Waals surface area contributed by atoms with E-state index in [1.807, 2.05) is 44.2 Å². The molecule has 30 heavy (non-hydrogen) atoms. The van der Waals surface area contributed by atoms with Crippen LogP contribution in [0.1, 0.15) is 17.0 Å². The Hall–Kier alpha value is -4.12. The summed E-state index contributed by atoms with van der Waals surface area (Å²) in [5, 5.41) is 12.4. The van der Waals surface area contributed by atoms with Crippen molar-refractivity contribution < 1.29 is 14.6 Å². The Morgan fingerprint density at radius 3 is 2.70 bits per heavy atom. The predicted molar refractivity (Wildman–Crippen MR) is 116 cm³/mol. The molecule has 0 radical (unpaired) electrons. The van der Waals surface area contributed by atoms with Gasteiger partial charge in [-0.1, -0.05) is 0 Å². The van der Waals surface area contributed by atoms with Gasteiger partial charge in [-0.05, 0) is 54.6 Å². The maximum absolute atomic E-state index is 11.2. The van der Waals surface area contributed by atoms with E-state index >= 15 is 0 Å². The van der Waals surface area contributed by atoms with Crippen LogP contribution in [0.5, 0.6) is 11.5 Å². The number of carbonyl (C=O) groups is 1. The van der Waals surface area contributed by atoms with Crippen LogP contribution in [0.4, 0.5) is 11.4 Å². The van der Waals surface area contributed by atoms with Crippen molar-refractivity contribution in [3.05, 3.63) is 70.6 Å². The zero-order chi connectivity index (χ0) is 21.7. The minimum Gasteiger partial charge on any atom is -0.480 e. The molecule has 2 aromatic heterocycles. The largest absolute Gasteiger partial charge is 0.480 e. The smallest absolute Gasteiger partial charge is 0.368 e. The first-order chi connectivity index (χ1) is 14.4. The van der Waals surface area contributed by atoms with E-state index in [1.54, 1.807) is 25.5 Å². The van der Waals surface area contributed by atoms with Crippen LogP contribution in [-0.4, -0.2) is 33.5 Å². The molecular formula is C22H22N5O3+. The summed E-state index contributed by atoms with van der Waals surface area (Å²) in [5.74, 6) is 0.823. The molecule has 0 saturated carbocycles. The van der Waals surface area contributed by atoms with E-state index in [2.05, 4.69) is 20.1 Å². The van der Waals surface area contributed by atoms with Gasteiger partial charge in [0, 0.05) is 30.7 Å². The average molecular weight is 404 g/mol. The molecule has 0 saturated heterocycles. The molecule has 3 aromatic rings. The van der Waals surface area contributed by atoms with Crippen molar-refractivity contribution in [3.8, 4) is 18.1 Å². The number of benzene rings is 1. The van der Waals surface area contributed by atoms with E-state index in [0.29, 0.717) is 28.7 Å². The number of amidine groups is 1. The predicted octanol–water partition coefficient (Wildman–Crippen LogP) is 4.46. The number of hydrogen-bond donors (Lipinski definition) is 2. The summed E-state index contributed by atoms with van der Waals surface area (Å²) in [4.78, 5) is 23.4. The van der Waals surface area contributed by atoms with Crippen LogP contribution in [-0.2, 0) is 11.3 Å². The SMILES string of the molecule is C#[N+]c1ccn(CC(=O)O)c1C(=NC)Nc1ccc(Oc2ccc(C)nc2)c(C)c1. The molecule has 3 rings (SSSR count). The van der Waals surface area contributed by atoms with Crippen LogP contribution >= 0.6 is 0 Å². The lowest BCUT2D eigenvalue weighted by molar-refractivity contribution is -0.137. The molecule has 152 valence electrons. The van der Waals surface area contributed by atoms with Crippen LogP contribution in [0.15, 0.2) is 53.8 Å². The molecule has 1 aromatic carbocycles. The van der Waals surface area contributed by atoms with Gasteiger partial charge in [0.2, 0.25) is 0 Å². The van der Waals surface area contributed by atoms with Crippen LogP contribution in [0.3, 0.4) is 0 Å². The maximum Gasteiger partial charge on any atom is 0.368 e. The first-order valence-corrected chi connectivity index (χ1v) is 9.18. The zero-order valence-electron chi connectivity index (χ0n) is 17.0. The third-order valence-electron chi connectivity index (χ3n) is 4.38. The van der Waals surface area contributed by atoms with E-state index in [0.717, 1.165) is 16.9 Å². The van der Waals surface area contributed by atoms with Crippen molar-refractivity contribution in [2.24, 2.45) is 4.99 Å². The van der Waals surface area contributed by atoms with Gasteiger partial charge in [-0.3, -0.25) is 14.8 Å². The number of ether oxygens (including phenoxy) is 1. The molecular weight excluding hydrogens is 382 g/mol. The number of carboxylic acid groups (broad SMARTS) is 1. The van der Waals surface area contributed by atoms with Gasteiger partial charge >= 0.3 is 11.7 Å². The van der Waals surface area contributed by atoms with Gasteiger partial charge in [0.25, 0.3) is 6.57 Å². The van der Waals surface area contributed by atoms with Crippen molar-refractivity contribution >= 4 is 23.2 Å². The first kappa shape index (κ1) is 20.6. The van der Waals surface area contributed by atoms with Gasteiger partial charge in [-0.2, -0.15) is 0 Å². The molecule has 2 heterocycles. The van der Waals surface area contributed by atoms with Crippen LogP contribution in [0.25, 0.3) is 4.85 Å². The highest BCUT2D eigenvalue weighted by atomic mass is 16.5. The summed E-state index contributed by atoms with van der Waals surface area (Å²) in [6, 6.07) is 11.0. The second kappa shape index (κ2) is 8.92. The number of nitrogens with one attached hydrogen (secondary N) is 1. The van der Waals surface area contributed by atoms with E-state index in [1.165, 1.54) is 4.57 Å². The van der Waals surface area contributed by atoms with Gasteiger partial charge in [0.15, 0.2) is 11.5 Å². The molecule has 0 aliphatic heterocycles. The highest BCUT2D eigenvalue weighted by molar-refractivity contribution is 6.11. The van der Waals surface area contributed by atoms with Crippen molar-refractivity contribution in [1.29, 1.82) is 0 Å². The first-order valence-electron chi connectivity index (χ1n) is 9.18. The third kappa shape index (κ3) is 4.64. The summed E-state index contributed by atoms with van der Waals surface area (Å²) in [5.41, 5.74) is 3.51. The fourth-order valence-electron chi connectivity index (χ4n) is 2.94.